The molecule has 24 heavy (non-hydrogen) atoms. The number of carbonyl (C=O) groups excluding carboxylic acids is 2. The molecule has 0 radical (unpaired) electrons. The Morgan fingerprint density at radius 3 is 2.79 bits per heavy atom. The van der Waals surface area contributed by atoms with E-state index in [1.54, 1.807) is 13.0 Å². The molecule has 2 atom stereocenters. The molecule has 1 aromatic carbocycles. The van der Waals surface area contributed by atoms with Gasteiger partial charge in [-0.25, -0.2) is 9.18 Å². The summed E-state index contributed by atoms with van der Waals surface area (Å²) >= 11 is 0. The maximum atomic E-state index is 13.3. The van der Waals surface area contributed by atoms with Crippen molar-refractivity contribution < 1.29 is 28.6 Å². The molecule has 2 unspecified atom stereocenters. The maximum Gasteiger partial charge on any atom is 0.334 e. The van der Waals surface area contributed by atoms with E-state index in [2.05, 4.69) is 5.32 Å². The molecular formula is C16H19FN2O5. The fourth-order valence-corrected chi connectivity index (χ4v) is 2.54. The zero-order chi connectivity index (χ0) is 17.9. The Balaban J connectivity index is 1.99. The number of anilines is 1. The average Bonchev–Trinajstić information content (AvgIpc) is 2.92. The van der Waals surface area contributed by atoms with E-state index in [1.165, 1.54) is 24.1 Å². The van der Waals surface area contributed by atoms with Crippen molar-refractivity contribution >= 4 is 23.5 Å². The summed E-state index contributed by atoms with van der Waals surface area (Å²) in [5.41, 5.74) is 0.951. The van der Waals surface area contributed by atoms with Crippen LogP contribution in [0.25, 0.3) is 0 Å². The SMILES string of the molecule is COC(CNC(=O)C1CC(=O)N(c2ccc(F)c(C)c2)C1)C(=O)O. The predicted molar refractivity (Wildman–Crippen MR) is 83.0 cm³/mol. The zero-order valence-corrected chi connectivity index (χ0v) is 13.4. The lowest BCUT2D eigenvalue weighted by atomic mass is 10.1. The van der Waals surface area contributed by atoms with Crippen molar-refractivity contribution in [2.75, 3.05) is 25.1 Å². The van der Waals surface area contributed by atoms with Crippen molar-refractivity contribution in [1.29, 1.82) is 0 Å². The molecule has 2 amide bonds. The van der Waals surface area contributed by atoms with Gasteiger partial charge in [-0.3, -0.25) is 9.59 Å². The van der Waals surface area contributed by atoms with E-state index < -0.39 is 23.9 Å². The molecule has 130 valence electrons. The number of benzene rings is 1. The van der Waals surface area contributed by atoms with Crippen LogP contribution in [0.3, 0.4) is 0 Å². The number of hydrogen-bond donors (Lipinski definition) is 2. The monoisotopic (exact) mass is 338 g/mol. The highest BCUT2D eigenvalue weighted by Crippen LogP contribution is 2.26. The Morgan fingerprint density at radius 2 is 2.21 bits per heavy atom. The standard InChI is InChI=1S/C16H19FN2O5/c1-9-5-11(3-4-12(9)17)19-8-10(6-14(19)20)15(21)18-7-13(24-2)16(22)23/h3-5,10,13H,6-8H2,1-2H3,(H,18,21)(H,22,23). The molecule has 0 aromatic heterocycles. The molecule has 7 nitrogen and oxygen atoms in total. The normalized spacial score (nSPS) is 18.5. The van der Waals surface area contributed by atoms with E-state index in [-0.39, 0.29) is 31.2 Å². The van der Waals surface area contributed by atoms with Crippen molar-refractivity contribution in [2.24, 2.45) is 5.92 Å². The molecule has 1 saturated heterocycles. The van der Waals surface area contributed by atoms with Crippen molar-refractivity contribution in [3.63, 3.8) is 0 Å². The van der Waals surface area contributed by atoms with Crippen LogP contribution in [0, 0.1) is 18.7 Å². The lowest BCUT2D eigenvalue weighted by molar-refractivity contribution is -0.148. The van der Waals surface area contributed by atoms with Crippen LogP contribution in [0.1, 0.15) is 12.0 Å². The number of nitrogens with zero attached hydrogens (tertiary/aromatic N) is 1. The fourth-order valence-electron chi connectivity index (χ4n) is 2.54. The van der Waals surface area contributed by atoms with Crippen molar-refractivity contribution in [3.8, 4) is 0 Å². The molecule has 0 spiro atoms. The Bertz CT molecular complexity index is 664. The number of ether oxygens (including phenoxy) is 1. The number of carboxylic acids is 1. The minimum atomic E-state index is -1.18. The Hall–Kier alpha value is -2.48. The van der Waals surface area contributed by atoms with Gasteiger partial charge in [0.15, 0.2) is 6.10 Å². The Kier molecular flexibility index (Phi) is 5.50. The van der Waals surface area contributed by atoms with Gasteiger partial charge in [0.1, 0.15) is 5.82 Å². The third-order valence-electron chi connectivity index (χ3n) is 3.97. The number of methoxy groups -OCH3 is 1. The molecule has 1 aromatic rings. The lowest BCUT2D eigenvalue weighted by Gasteiger charge is -2.18. The summed E-state index contributed by atoms with van der Waals surface area (Å²) in [5.74, 6) is -2.77. The van der Waals surface area contributed by atoms with Crippen molar-refractivity contribution in [3.05, 3.63) is 29.6 Å². The maximum absolute atomic E-state index is 13.3. The van der Waals surface area contributed by atoms with E-state index in [0.29, 0.717) is 11.3 Å². The summed E-state index contributed by atoms with van der Waals surface area (Å²) in [4.78, 5) is 36.5. The zero-order valence-electron chi connectivity index (χ0n) is 13.4. The molecular weight excluding hydrogens is 319 g/mol. The van der Waals surface area contributed by atoms with E-state index in [1.807, 2.05) is 0 Å². The quantitative estimate of drug-likeness (QED) is 0.796. The van der Waals surface area contributed by atoms with Crippen LogP contribution in [-0.4, -0.2) is 49.2 Å². The van der Waals surface area contributed by atoms with E-state index >= 15 is 0 Å². The number of halogens is 1. The number of amides is 2. The highest BCUT2D eigenvalue weighted by Gasteiger charge is 2.35. The first kappa shape index (κ1) is 17.9. The van der Waals surface area contributed by atoms with Crippen LogP contribution in [0.5, 0.6) is 0 Å². The molecule has 1 aliphatic heterocycles. The summed E-state index contributed by atoms with van der Waals surface area (Å²) < 4.78 is 18.1. The topological polar surface area (TPSA) is 95.9 Å². The number of hydrogen-bond acceptors (Lipinski definition) is 4. The average molecular weight is 338 g/mol. The van der Waals surface area contributed by atoms with Gasteiger partial charge in [0.25, 0.3) is 0 Å². The minimum Gasteiger partial charge on any atom is -0.479 e. The molecule has 0 aliphatic carbocycles. The van der Waals surface area contributed by atoms with Gasteiger partial charge in [-0.1, -0.05) is 0 Å². The summed E-state index contributed by atoms with van der Waals surface area (Å²) in [6.07, 6.45) is -1.12. The van der Waals surface area contributed by atoms with Crippen LogP contribution in [0.2, 0.25) is 0 Å². The van der Waals surface area contributed by atoms with Gasteiger partial charge in [-0.05, 0) is 30.7 Å². The summed E-state index contributed by atoms with van der Waals surface area (Å²) in [6, 6.07) is 4.33. The molecule has 1 aliphatic rings. The first-order valence-corrected chi connectivity index (χ1v) is 7.43. The fraction of sp³-hybridized carbons (Fsp3) is 0.438. The number of carbonyl (C=O) groups is 3. The molecule has 1 fully saturated rings. The molecule has 1 heterocycles. The highest BCUT2D eigenvalue weighted by atomic mass is 19.1. The van der Waals surface area contributed by atoms with Crippen LogP contribution in [0.15, 0.2) is 18.2 Å². The van der Waals surface area contributed by atoms with Gasteiger partial charge >= 0.3 is 5.97 Å². The Morgan fingerprint density at radius 1 is 1.50 bits per heavy atom. The second-order valence-corrected chi connectivity index (χ2v) is 5.65. The number of nitrogens with one attached hydrogen (secondary N) is 1. The predicted octanol–water partition coefficient (Wildman–Crippen LogP) is 0.703. The van der Waals surface area contributed by atoms with Gasteiger partial charge in [0.2, 0.25) is 11.8 Å². The van der Waals surface area contributed by atoms with E-state index in [0.717, 1.165) is 0 Å². The van der Waals surface area contributed by atoms with Crippen LogP contribution >= 0.6 is 0 Å². The largest absolute Gasteiger partial charge is 0.479 e. The number of carboxylic acid groups (broad SMARTS) is 1. The van der Waals surface area contributed by atoms with Crippen molar-refractivity contribution in [1.82, 2.24) is 5.32 Å². The van der Waals surface area contributed by atoms with Crippen LogP contribution in [0.4, 0.5) is 10.1 Å². The van der Waals surface area contributed by atoms with Crippen LogP contribution < -0.4 is 10.2 Å². The van der Waals surface area contributed by atoms with Gasteiger partial charge in [-0.15, -0.1) is 0 Å². The third kappa shape index (κ3) is 3.88. The van der Waals surface area contributed by atoms with Crippen molar-refractivity contribution in [2.45, 2.75) is 19.4 Å². The second kappa shape index (κ2) is 7.39. The minimum absolute atomic E-state index is 0.0208. The molecule has 8 heteroatoms. The Labute approximate surface area is 138 Å². The van der Waals surface area contributed by atoms with E-state index in [4.69, 9.17) is 9.84 Å². The highest BCUT2D eigenvalue weighted by molar-refractivity contribution is 6.00. The van der Waals surface area contributed by atoms with Gasteiger partial charge < -0.3 is 20.1 Å². The summed E-state index contributed by atoms with van der Waals surface area (Å²) in [6.45, 7) is 1.59. The molecule has 0 saturated carbocycles. The second-order valence-electron chi connectivity index (χ2n) is 5.65. The molecule has 0 bridgehead atoms. The van der Waals surface area contributed by atoms with Gasteiger partial charge in [0, 0.05) is 25.8 Å². The molecule has 2 N–H and O–H groups in total. The summed E-state index contributed by atoms with van der Waals surface area (Å²) in [7, 11) is 1.24. The first-order valence-electron chi connectivity index (χ1n) is 7.43. The summed E-state index contributed by atoms with van der Waals surface area (Å²) in [5, 5.41) is 11.3. The van der Waals surface area contributed by atoms with Gasteiger partial charge in [0.05, 0.1) is 12.5 Å². The van der Waals surface area contributed by atoms with E-state index in [9.17, 15) is 18.8 Å². The van der Waals surface area contributed by atoms with Gasteiger partial charge in [-0.2, -0.15) is 0 Å². The first-order chi connectivity index (χ1) is 11.3. The lowest BCUT2D eigenvalue weighted by Crippen LogP contribution is -2.41. The number of aliphatic carboxylic acids is 1. The van der Waals surface area contributed by atoms with Crippen LogP contribution in [-0.2, 0) is 19.1 Å². The number of rotatable bonds is 6. The smallest absolute Gasteiger partial charge is 0.334 e. The molecule has 2 rings (SSSR count). The third-order valence-corrected chi connectivity index (χ3v) is 3.97. The number of aryl methyl sites for hydroxylation is 1.